The van der Waals surface area contributed by atoms with Gasteiger partial charge < -0.3 is 10.1 Å². The molecule has 4 rings (SSSR count). The van der Waals surface area contributed by atoms with E-state index in [-0.39, 0.29) is 23.8 Å². The van der Waals surface area contributed by atoms with E-state index in [4.69, 9.17) is 4.74 Å². The minimum atomic E-state index is -2.83. The van der Waals surface area contributed by atoms with Gasteiger partial charge in [-0.15, -0.1) is 0 Å². The molecule has 1 N–H and O–H groups in total. The standard InChI is InChI=1S/C17H20N2O5S/c1-10(20)18-6-13-7-19(17(21)24-13)12-4-2-11(3-5-12)16-14-8-25(22,23)9-15(14)16/h2-5,13-16H,6-9H2,1H3,(H,18,20)/t13-,14-,15+,16?/m0/s1. The van der Waals surface area contributed by atoms with Crippen LogP contribution in [0.4, 0.5) is 10.5 Å². The number of nitrogens with zero attached hydrogens (tertiary/aromatic N) is 1. The van der Waals surface area contributed by atoms with E-state index in [1.54, 1.807) is 4.90 Å². The fourth-order valence-corrected chi connectivity index (χ4v) is 6.24. The van der Waals surface area contributed by atoms with Gasteiger partial charge in [-0.1, -0.05) is 12.1 Å². The number of amides is 2. The normalized spacial score (nSPS) is 32.2. The van der Waals surface area contributed by atoms with E-state index in [0.29, 0.717) is 30.5 Å². The molecule has 0 radical (unpaired) electrons. The van der Waals surface area contributed by atoms with Crippen LogP contribution in [0, 0.1) is 11.8 Å². The van der Waals surface area contributed by atoms with Crippen molar-refractivity contribution in [2.45, 2.75) is 18.9 Å². The van der Waals surface area contributed by atoms with Crippen molar-refractivity contribution < 1.29 is 22.7 Å². The van der Waals surface area contributed by atoms with Crippen LogP contribution in [0.25, 0.3) is 0 Å². The largest absolute Gasteiger partial charge is 0.442 e. The Labute approximate surface area is 146 Å². The summed E-state index contributed by atoms with van der Waals surface area (Å²) in [5.74, 6) is 1.29. The summed E-state index contributed by atoms with van der Waals surface area (Å²) < 4.78 is 28.4. The Hall–Kier alpha value is -2.09. The summed E-state index contributed by atoms with van der Waals surface area (Å²) in [6.07, 6.45) is -0.776. The Morgan fingerprint density at radius 2 is 1.88 bits per heavy atom. The highest BCUT2D eigenvalue weighted by molar-refractivity contribution is 7.91. The van der Waals surface area contributed by atoms with Crippen molar-refractivity contribution in [3.63, 3.8) is 0 Å². The van der Waals surface area contributed by atoms with Crippen LogP contribution in [0.5, 0.6) is 0 Å². The Kier molecular flexibility index (Phi) is 3.75. The highest BCUT2D eigenvalue weighted by Crippen LogP contribution is 2.59. The second-order valence-corrected chi connectivity index (χ2v) is 9.23. The lowest BCUT2D eigenvalue weighted by atomic mass is 10.1. The van der Waals surface area contributed by atoms with Gasteiger partial charge in [0.25, 0.3) is 0 Å². The van der Waals surface area contributed by atoms with Crippen molar-refractivity contribution in [1.82, 2.24) is 5.32 Å². The molecule has 4 atom stereocenters. The first kappa shape index (κ1) is 16.4. The number of carbonyl (C=O) groups excluding carboxylic acids is 2. The Balaban J connectivity index is 1.40. The van der Waals surface area contributed by atoms with Crippen LogP contribution in [-0.2, 0) is 19.4 Å². The summed E-state index contributed by atoms with van der Waals surface area (Å²) in [7, 11) is -2.83. The predicted octanol–water partition coefficient (Wildman–Crippen LogP) is 0.906. The van der Waals surface area contributed by atoms with Gasteiger partial charge in [0.15, 0.2) is 9.84 Å². The molecule has 1 unspecified atom stereocenters. The van der Waals surface area contributed by atoms with Crippen LogP contribution < -0.4 is 10.2 Å². The van der Waals surface area contributed by atoms with Crippen molar-refractivity contribution in [2.24, 2.45) is 11.8 Å². The number of carbonyl (C=O) groups is 2. The maximum absolute atomic E-state index is 12.0. The highest BCUT2D eigenvalue weighted by atomic mass is 32.2. The van der Waals surface area contributed by atoms with Crippen molar-refractivity contribution in [3.05, 3.63) is 29.8 Å². The van der Waals surface area contributed by atoms with Gasteiger partial charge in [0.1, 0.15) is 6.10 Å². The number of hydrogen-bond acceptors (Lipinski definition) is 5. The van der Waals surface area contributed by atoms with Gasteiger partial charge >= 0.3 is 6.09 Å². The molecule has 1 aromatic rings. The van der Waals surface area contributed by atoms with E-state index in [1.807, 2.05) is 24.3 Å². The molecule has 1 saturated carbocycles. The van der Waals surface area contributed by atoms with Gasteiger partial charge in [-0.2, -0.15) is 0 Å². The van der Waals surface area contributed by atoms with Crippen LogP contribution in [0.15, 0.2) is 24.3 Å². The van der Waals surface area contributed by atoms with Crippen molar-refractivity contribution in [2.75, 3.05) is 29.5 Å². The summed E-state index contributed by atoms with van der Waals surface area (Å²) >= 11 is 0. The fraction of sp³-hybridized carbons (Fsp3) is 0.529. The van der Waals surface area contributed by atoms with Crippen molar-refractivity contribution in [3.8, 4) is 0 Å². The van der Waals surface area contributed by atoms with E-state index in [9.17, 15) is 18.0 Å². The Morgan fingerprint density at radius 1 is 1.24 bits per heavy atom. The number of sulfone groups is 1. The molecule has 0 bridgehead atoms. The number of cyclic esters (lactones) is 1. The van der Waals surface area contributed by atoms with Crippen molar-refractivity contribution in [1.29, 1.82) is 0 Å². The van der Waals surface area contributed by atoms with Gasteiger partial charge in [-0.25, -0.2) is 13.2 Å². The summed E-state index contributed by atoms with van der Waals surface area (Å²) in [5.41, 5.74) is 1.88. The molecule has 7 nitrogen and oxygen atoms in total. The molecular weight excluding hydrogens is 344 g/mol. The molecule has 2 heterocycles. The molecule has 1 aromatic carbocycles. The lowest BCUT2D eigenvalue weighted by molar-refractivity contribution is -0.119. The van der Waals surface area contributed by atoms with Gasteiger partial charge in [-0.05, 0) is 35.4 Å². The van der Waals surface area contributed by atoms with Crippen LogP contribution in [0.1, 0.15) is 18.4 Å². The van der Waals surface area contributed by atoms with Crippen LogP contribution >= 0.6 is 0 Å². The average Bonchev–Trinajstić information content (AvgIpc) is 2.89. The maximum atomic E-state index is 12.0. The van der Waals surface area contributed by atoms with E-state index in [1.165, 1.54) is 6.92 Å². The molecule has 2 aliphatic heterocycles. The number of nitrogens with one attached hydrogen (secondary N) is 1. The average molecular weight is 364 g/mol. The Bertz CT molecular complexity index is 802. The molecule has 2 saturated heterocycles. The van der Waals surface area contributed by atoms with Gasteiger partial charge in [0.05, 0.1) is 24.6 Å². The SMILES string of the molecule is CC(=O)NC[C@H]1CN(c2ccc(C3[C@H]4CS(=O)(=O)C[C@@H]34)cc2)C(=O)O1. The lowest BCUT2D eigenvalue weighted by Gasteiger charge is -2.14. The monoisotopic (exact) mass is 364 g/mol. The highest BCUT2D eigenvalue weighted by Gasteiger charge is 2.58. The first-order valence-electron chi connectivity index (χ1n) is 8.37. The number of rotatable bonds is 4. The topological polar surface area (TPSA) is 92.8 Å². The molecule has 0 aromatic heterocycles. The summed E-state index contributed by atoms with van der Waals surface area (Å²) in [6.45, 7) is 2.12. The van der Waals surface area contributed by atoms with Crippen LogP contribution in [-0.4, -0.2) is 51.1 Å². The Morgan fingerprint density at radius 3 is 2.48 bits per heavy atom. The smallest absolute Gasteiger partial charge is 0.414 e. The zero-order valence-electron chi connectivity index (χ0n) is 13.8. The maximum Gasteiger partial charge on any atom is 0.414 e. The van der Waals surface area contributed by atoms with Gasteiger partial charge in [0, 0.05) is 12.6 Å². The van der Waals surface area contributed by atoms with E-state index < -0.39 is 15.9 Å². The van der Waals surface area contributed by atoms with E-state index >= 15 is 0 Å². The molecular formula is C17H20N2O5S. The molecule has 134 valence electrons. The first-order valence-corrected chi connectivity index (χ1v) is 10.2. The van der Waals surface area contributed by atoms with Crippen LogP contribution in [0.3, 0.4) is 0 Å². The molecule has 3 fully saturated rings. The number of hydrogen-bond donors (Lipinski definition) is 1. The molecule has 3 aliphatic rings. The van der Waals surface area contributed by atoms with Crippen molar-refractivity contribution >= 4 is 27.5 Å². The number of benzene rings is 1. The van der Waals surface area contributed by atoms with E-state index in [0.717, 1.165) is 11.3 Å². The molecule has 2 amide bonds. The minimum Gasteiger partial charge on any atom is -0.442 e. The zero-order chi connectivity index (χ0) is 17.8. The summed E-state index contributed by atoms with van der Waals surface area (Å²) in [4.78, 5) is 24.5. The van der Waals surface area contributed by atoms with Crippen LogP contribution in [0.2, 0.25) is 0 Å². The third-order valence-electron chi connectivity index (χ3n) is 5.27. The number of fused-ring (bicyclic) bond motifs is 1. The minimum absolute atomic E-state index is 0.157. The molecule has 1 aliphatic carbocycles. The first-order chi connectivity index (χ1) is 11.8. The van der Waals surface area contributed by atoms with Gasteiger partial charge in [0.2, 0.25) is 5.91 Å². The lowest BCUT2D eigenvalue weighted by Crippen LogP contribution is -2.33. The molecule has 25 heavy (non-hydrogen) atoms. The third-order valence-corrected chi connectivity index (χ3v) is 7.05. The third kappa shape index (κ3) is 3.10. The summed E-state index contributed by atoms with van der Waals surface area (Å²) in [5, 5.41) is 2.65. The predicted molar refractivity (Wildman–Crippen MR) is 91.1 cm³/mol. The van der Waals surface area contributed by atoms with Gasteiger partial charge in [-0.3, -0.25) is 9.69 Å². The number of ether oxygens (including phenoxy) is 1. The second-order valence-electron chi connectivity index (χ2n) is 7.08. The van der Waals surface area contributed by atoms with E-state index in [2.05, 4.69) is 5.32 Å². The quantitative estimate of drug-likeness (QED) is 0.857. The fourth-order valence-electron chi connectivity index (χ4n) is 4.02. The summed E-state index contributed by atoms with van der Waals surface area (Å²) in [6, 6.07) is 7.69. The number of anilines is 1. The molecule has 8 heteroatoms. The zero-order valence-corrected chi connectivity index (χ0v) is 14.7. The second kappa shape index (κ2) is 5.72. The molecule has 0 spiro atoms.